The zero-order valence-corrected chi connectivity index (χ0v) is 21.2. The Kier molecular flexibility index (Phi) is 9.10. The minimum atomic E-state index is -0.00269. The molecule has 0 atom stereocenters. The van der Waals surface area contributed by atoms with E-state index in [0.29, 0.717) is 45.9 Å². The van der Waals surface area contributed by atoms with Gasteiger partial charge in [-0.1, -0.05) is 13.8 Å². The first-order chi connectivity index (χ1) is 16.4. The fraction of sp³-hybridized carbons (Fsp3) is 0.577. The molecule has 2 amide bonds. The van der Waals surface area contributed by atoms with Crippen molar-refractivity contribution in [3.05, 3.63) is 29.8 Å². The van der Waals surface area contributed by atoms with Crippen LogP contribution in [0.2, 0.25) is 0 Å². The third kappa shape index (κ3) is 5.97. The summed E-state index contributed by atoms with van der Waals surface area (Å²) in [5, 5.41) is 1.00. The molecule has 3 rings (SSSR count). The van der Waals surface area contributed by atoms with Gasteiger partial charge in [0.15, 0.2) is 0 Å². The van der Waals surface area contributed by atoms with Crippen LogP contribution in [0.5, 0.6) is 5.75 Å². The van der Waals surface area contributed by atoms with Crippen LogP contribution in [-0.2, 0) is 20.9 Å². The summed E-state index contributed by atoms with van der Waals surface area (Å²) in [6, 6.07) is 8.00. The van der Waals surface area contributed by atoms with Crippen LogP contribution in [0.4, 0.5) is 5.82 Å². The topological polar surface area (TPSA) is 75.2 Å². The van der Waals surface area contributed by atoms with Crippen LogP contribution in [0.15, 0.2) is 24.3 Å². The number of methoxy groups -OCH3 is 2. The number of pyridine rings is 1. The van der Waals surface area contributed by atoms with Gasteiger partial charge in [-0.2, -0.15) is 0 Å². The maximum absolute atomic E-state index is 13.3. The van der Waals surface area contributed by atoms with Crippen molar-refractivity contribution < 1.29 is 19.1 Å². The van der Waals surface area contributed by atoms with Gasteiger partial charge < -0.3 is 24.2 Å². The number of carbonyl (C=O) groups excluding carboxylic acids is 2. The van der Waals surface area contributed by atoms with Crippen LogP contribution < -0.4 is 9.64 Å². The average Bonchev–Trinajstić information content (AvgIpc) is 2.86. The molecule has 1 saturated heterocycles. The van der Waals surface area contributed by atoms with Gasteiger partial charge in [-0.3, -0.25) is 9.59 Å². The molecule has 2 aromatic rings. The molecule has 0 spiro atoms. The predicted octanol–water partition coefficient (Wildman–Crippen LogP) is 3.32. The number of carbonyl (C=O) groups is 2. The van der Waals surface area contributed by atoms with E-state index in [4.69, 9.17) is 14.5 Å². The number of hydrogen-bond acceptors (Lipinski definition) is 6. The number of rotatable bonds is 10. The Morgan fingerprint density at radius 2 is 1.79 bits per heavy atom. The summed E-state index contributed by atoms with van der Waals surface area (Å²) in [5.74, 6) is 1.87. The number of aromatic nitrogens is 1. The number of nitrogens with zero attached hydrogens (tertiary/aromatic N) is 4. The summed E-state index contributed by atoms with van der Waals surface area (Å²) >= 11 is 0. The maximum Gasteiger partial charge on any atom is 0.226 e. The van der Waals surface area contributed by atoms with Gasteiger partial charge in [-0.15, -0.1) is 0 Å². The van der Waals surface area contributed by atoms with Crippen molar-refractivity contribution in [2.24, 2.45) is 5.92 Å². The lowest BCUT2D eigenvalue weighted by molar-refractivity contribution is -0.137. The number of piperazine rings is 1. The van der Waals surface area contributed by atoms with Crippen molar-refractivity contribution in [3.8, 4) is 5.75 Å². The molecule has 1 aliphatic heterocycles. The largest absolute Gasteiger partial charge is 0.497 e. The molecule has 8 nitrogen and oxygen atoms in total. The summed E-state index contributed by atoms with van der Waals surface area (Å²) in [4.78, 5) is 36.2. The highest BCUT2D eigenvalue weighted by molar-refractivity contribution is 5.84. The Balaban J connectivity index is 1.99. The fourth-order valence-electron chi connectivity index (χ4n) is 4.50. The lowest BCUT2D eigenvalue weighted by Crippen LogP contribution is -2.48. The Labute approximate surface area is 202 Å². The zero-order chi connectivity index (χ0) is 24.7. The van der Waals surface area contributed by atoms with E-state index in [2.05, 4.69) is 24.8 Å². The van der Waals surface area contributed by atoms with Crippen LogP contribution in [0, 0.1) is 5.92 Å². The molecule has 0 N–H and O–H groups in total. The Morgan fingerprint density at radius 3 is 2.38 bits per heavy atom. The molecule has 0 unspecified atom stereocenters. The molecule has 0 saturated carbocycles. The molecule has 0 aliphatic carbocycles. The van der Waals surface area contributed by atoms with E-state index in [1.807, 2.05) is 28.0 Å². The van der Waals surface area contributed by atoms with E-state index in [-0.39, 0.29) is 17.7 Å². The van der Waals surface area contributed by atoms with Gasteiger partial charge in [0.05, 0.1) is 19.2 Å². The van der Waals surface area contributed by atoms with Gasteiger partial charge in [0, 0.05) is 76.2 Å². The molecule has 0 bridgehead atoms. The molecule has 8 heteroatoms. The predicted molar refractivity (Wildman–Crippen MR) is 134 cm³/mol. The summed E-state index contributed by atoms with van der Waals surface area (Å²) in [7, 11) is 3.30. The number of ether oxygens (including phenoxy) is 2. The molecular weight excluding hydrogens is 432 g/mol. The van der Waals surface area contributed by atoms with E-state index in [0.717, 1.165) is 40.9 Å². The van der Waals surface area contributed by atoms with Crippen molar-refractivity contribution in [1.29, 1.82) is 0 Å². The van der Waals surface area contributed by atoms with Gasteiger partial charge in [0.2, 0.25) is 11.8 Å². The van der Waals surface area contributed by atoms with Crippen LogP contribution in [0.25, 0.3) is 10.9 Å². The summed E-state index contributed by atoms with van der Waals surface area (Å²) < 4.78 is 10.7. The quantitative estimate of drug-likeness (QED) is 0.530. The second-order valence-electron chi connectivity index (χ2n) is 8.79. The van der Waals surface area contributed by atoms with E-state index >= 15 is 0 Å². The molecule has 1 aromatic carbocycles. The van der Waals surface area contributed by atoms with Crippen LogP contribution in [-0.4, -0.2) is 80.1 Å². The zero-order valence-electron chi connectivity index (χ0n) is 21.2. The Hall–Kier alpha value is -2.87. The molecule has 1 aromatic heterocycles. The van der Waals surface area contributed by atoms with Gasteiger partial charge in [-0.25, -0.2) is 4.98 Å². The third-order valence-corrected chi connectivity index (χ3v) is 6.68. The van der Waals surface area contributed by atoms with Crippen LogP contribution >= 0.6 is 0 Å². The molecule has 2 heterocycles. The highest BCUT2D eigenvalue weighted by Gasteiger charge is 2.26. The first-order valence-corrected chi connectivity index (χ1v) is 12.2. The van der Waals surface area contributed by atoms with E-state index in [1.165, 1.54) is 0 Å². The average molecular weight is 471 g/mol. The fourth-order valence-corrected chi connectivity index (χ4v) is 4.50. The minimum absolute atomic E-state index is 0.00269. The van der Waals surface area contributed by atoms with E-state index < -0.39 is 0 Å². The SMILES string of the molecule is CCC(CC)C(=O)N(CCOC)Cc1cc2ccc(OC)cc2nc1N1CCN(C(C)=O)CC1. The first-order valence-electron chi connectivity index (χ1n) is 12.2. The monoisotopic (exact) mass is 470 g/mol. The lowest BCUT2D eigenvalue weighted by atomic mass is 10.0. The number of amides is 2. The van der Waals surface area contributed by atoms with E-state index in [1.54, 1.807) is 21.1 Å². The van der Waals surface area contributed by atoms with E-state index in [9.17, 15) is 9.59 Å². The minimum Gasteiger partial charge on any atom is -0.497 e. The summed E-state index contributed by atoms with van der Waals surface area (Å²) in [6.45, 7) is 9.94. The second kappa shape index (κ2) is 12.0. The number of anilines is 1. The highest BCUT2D eigenvalue weighted by Crippen LogP contribution is 2.29. The van der Waals surface area contributed by atoms with Crippen molar-refractivity contribution in [2.75, 3.05) is 58.5 Å². The molecule has 34 heavy (non-hydrogen) atoms. The van der Waals surface area contributed by atoms with Crippen LogP contribution in [0.1, 0.15) is 39.2 Å². The Bertz CT molecular complexity index is 984. The molecule has 1 fully saturated rings. The van der Waals surface area contributed by atoms with Crippen molar-refractivity contribution in [1.82, 2.24) is 14.8 Å². The molecular formula is C26H38N4O4. The normalized spacial score (nSPS) is 14.1. The lowest BCUT2D eigenvalue weighted by Gasteiger charge is -2.36. The first kappa shape index (κ1) is 25.7. The maximum atomic E-state index is 13.3. The van der Waals surface area contributed by atoms with Crippen molar-refractivity contribution >= 4 is 28.5 Å². The van der Waals surface area contributed by atoms with Gasteiger partial charge in [0.25, 0.3) is 0 Å². The molecule has 1 aliphatic rings. The standard InChI is InChI=1S/C26H38N4O4/c1-6-20(7-2)26(32)30(14-15-33-4)18-22-16-21-8-9-23(34-5)17-24(21)27-25(22)29-12-10-28(11-13-29)19(3)31/h8-9,16-17,20H,6-7,10-15,18H2,1-5H3. The smallest absolute Gasteiger partial charge is 0.226 e. The van der Waals surface area contributed by atoms with Gasteiger partial charge >= 0.3 is 0 Å². The Morgan fingerprint density at radius 1 is 1.09 bits per heavy atom. The van der Waals surface area contributed by atoms with Crippen LogP contribution in [0.3, 0.4) is 0 Å². The third-order valence-electron chi connectivity index (χ3n) is 6.68. The number of fused-ring (bicyclic) bond motifs is 1. The summed E-state index contributed by atoms with van der Waals surface area (Å²) in [6.07, 6.45) is 1.63. The summed E-state index contributed by atoms with van der Waals surface area (Å²) in [5.41, 5.74) is 1.85. The highest BCUT2D eigenvalue weighted by atomic mass is 16.5. The van der Waals surface area contributed by atoms with Crippen molar-refractivity contribution in [3.63, 3.8) is 0 Å². The number of benzene rings is 1. The van der Waals surface area contributed by atoms with Crippen molar-refractivity contribution in [2.45, 2.75) is 40.2 Å². The number of hydrogen-bond donors (Lipinski definition) is 0. The molecule has 0 radical (unpaired) electrons. The second-order valence-corrected chi connectivity index (χ2v) is 8.79. The molecule has 186 valence electrons. The van der Waals surface area contributed by atoms with Gasteiger partial charge in [0.1, 0.15) is 11.6 Å². The van der Waals surface area contributed by atoms with Gasteiger partial charge in [-0.05, 0) is 31.0 Å².